The summed E-state index contributed by atoms with van der Waals surface area (Å²) in [6, 6.07) is 12.2. The Hall–Kier alpha value is -2.24. The van der Waals surface area contributed by atoms with Gasteiger partial charge >= 0.3 is 0 Å². The highest BCUT2D eigenvalue weighted by Crippen LogP contribution is 2.21. The summed E-state index contributed by atoms with van der Waals surface area (Å²) in [5.41, 5.74) is 2.45. The predicted molar refractivity (Wildman–Crippen MR) is 91.1 cm³/mol. The molecule has 4 nitrogen and oxygen atoms in total. The summed E-state index contributed by atoms with van der Waals surface area (Å²) >= 11 is 5.87. The Kier molecular flexibility index (Phi) is 4.92. The van der Waals surface area contributed by atoms with Crippen LogP contribution < -0.4 is 5.32 Å². The van der Waals surface area contributed by atoms with E-state index in [9.17, 15) is 4.39 Å². The molecule has 124 valence electrons. The van der Waals surface area contributed by atoms with Crippen molar-refractivity contribution in [3.8, 4) is 11.5 Å². The molecule has 0 aliphatic carbocycles. The highest BCUT2D eigenvalue weighted by atomic mass is 35.5. The summed E-state index contributed by atoms with van der Waals surface area (Å²) in [6.07, 6.45) is 0. The van der Waals surface area contributed by atoms with Gasteiger partial charge in [0, 0.05) is 17.1 Å². The third-order valence-electron chi connectivity index (χ3n) is 3.75. The van der Waals surface area contributed by atoms with Crippen molar-refractivity contribution in [3.63, 3.8) is 0 Å². The summed E-state index contributed by atoms with van der Waals surface area (Å²) in [5, 5.41) is 7.98. The zero-order valence-electron chi connectivity index (χ0n) is 13.4. The molecule has 0 aliphatic rings. The first-order valence-corrected chi connectivity index (χ1v) is 7.98. The van der Waals surface area contributed by atoms with E-state index >= 15 is 0 Å². The van der Waals surface area contributed by atoms with Crippen molar-refractivity contribution in [2.45, 2.75) is 26.4 Å². The average molecular weight is 346 g/mol. The van der Waals surface area contributed by atoms with Crippen molar-refractivity contribution in [2.24, 2.45) is 0 Å². The molecule has 24 heavy (non-hydrogen) atoms. The Morgan fingerprint density at radius 1 is 1.21 bits per heavy atom. The normalized spacial score (nSPS) is 12.3. The molecule has 3 rings (SSSR count). The summed E-state index contributed by atoms with van der Waals surface area (Å²) in [5.74, 6) is 0.823. The number of halogens is 2. The maximum atomic E-state index is 13.3. The quantitative estimate of drug-likeness (QED) is 0.729. The fourth-order valence-electron chi connectivity index (χ4n) is 2.30. The van der Waals surface area contributed by atoms with Gasteiger partial charge in [-0.25, -0.2) is 4.39 Å². The van der Waals surface area contributed by atoms with Gasteiger partial charge in [-0.3, -0.25) is 0 Å². The second-order valence-corrected chi connectivity index (χ2v) is 6.09. The zero-order valence-corrected chi connectivity index (χ0v) is 14.1. The first kappa shape index (κ1) is 16.6. The lowest BCUT2D eigenvalue weighted by Gasteiger charge is -2.10. The van der Waals surface area contributed by atoms with Crippen LogP contribution in [0, 0.1) is 12.7 Å². The minimum absolute atomic E-state index is 0.0971. The molecule has 3 aromatic rings. The van der Waals surface area contributed by atoms with Gasteiger partial charge in [-0.15, -0.1) is 0 Å². The number of nitrogens with one attached hydrogen (secondary N) is 1. The predicted octanol–water partition coefficient (Wildman–Crippen LogP) is 4.69. The Morgan fingerprint density at radius 3 is 2.67 bits per heavy atom. The molecule has 1 heterocycles. The molecule has 0 unspecified atom stereocenters. The second kappa shape index (κ2) is 7.11. The molecule has 1 N–H and O–H groups in total. The molecule has 0 fully saturated rings. The van der Waals surface area contributed by atoms with E-state index in [1.54, 1.807) is 25.1 Å². The SMILES string of the molecule is Cc1cc(CN[C@@H](C)c2noc(-c3ccc(Cl)cc3)n2)ccc1F. The fourth-order valence-corrected chi connectivity index (χ4v) is 2.43. The molecule has 0 bridgehead atoms. The lowest BCUT2D eigenvalue weighted by Crippen LogP contribution is -2.19. The van der Waals surface area contributed by atoms with Gasteiger partial charge in [0.1, 0.15) is 5.82 Å². The fraction of sp³-hybridized carbons (Fsp3) is 0.222. The summed E-state index contributed by atoms with van der Waals surface area (Å²) in [6.45, 7) is 4.29. The van der Waals surface area contributed by atoms with E-state index in [4.69, 9.17) is 16.1 Å². The van der Waals surface area contributed by atoms with Crippen LogP contribution in [0.3, 0.4) is 0 Å². The molecule has 0 spiro atoms. The van der Waals surface area contributed by atoms with E-state index in [-0.39, 0.29) is 11.9 Å². The molecule has 1 atom stereocenters. The van der Waals surface area contributed by atoms with Crippen LogP contribution in [0.25, 0.3) is 11.5 Å². The number of aryl methyl sites for hydroxylation is 1. The van der Waals surface area contributed by atoms with Crippen LogP contribution in [0.2, 0.25) is 5.02 Å². The summed E-state index contributed by atoms with van der Waals surface area (Å²) in [4.78, 5) is 4.41. The van der Waals surface area contributed by atoms with E-state index in [0.717, 1.165) is 11.1 Å². The minimum Gasteiger partial charge on any atom is -0.334 e. The first-order chi connectivity index (χ1) is 11.5. The van der Waals surface area contributed by atoms with Crippen molar-refractivity contribution < 1.29 is 8.91 Å². The molecule has 2 aromatic carbocycles. The van der Waals surface area contributed by atoms with Crippen LogP contribution in [-0.4, -0.2) is 10.1 Å². The highest BCUT2D eigenvalue weighted by Gasteiger charge is 2.14. The standard InChI is InChI=1S/C18H17ClFN3O/c1-11-9-13(3-8-16(11)20)10-21-12(2)17-22-18(24-23-17)14-4-6-15(19)7-5-14/h3-9,12,21H,10H2,1-2H3/t12-/m0/s1. The topological polar surface area (TPSA) is 51.0 Å². The van der Waals surface area contributed by atoms with Crippen LogP contribution in [0.15, 0.2) is 47.0 Å². The third-order valence-corrected chi connectivity index (χ3v) is 4.01. The van der Waals surface area contributed by atoms with Gasteiger partial charge in [-0.2, -0.15) is 4.98 Å². The average Bonchev–Trinajstić information content (AvgIpc) is 3.06. The van der Waals surface area contributed by atoms with Crippen molar-refractivity contribution in [1.29, 1.82) is 0 Å². The van der Waals surface area contributed by atoms with E-state index < -0.39 is 0 Å². The van der Waals surface area contributed by atoms with E-state index in [1.165, 1.54) is 6.07 Å². The molecule has 6 heteroatoms. The number of hydrogen-bond donors (Lipinski definition) is 1. The number of aromatic nitrogens is 2. The van der Waals surface area contributed by atoms with Crippen molar-refractivity contribution in [3.05, 3.63) is 70.3 Å². The summed E-state index contributed by atoms with van der Waals surface area (Å²) < 4.78 is 18.6. The second-order valence-electron chi connectivity index (χ2n) is 5.65. The molecule has 1 aromatic heterocycles. The van der Waals surface area contributed by atoms with Gasteiger partial charge in [0.05, 0.1) is 6.04 Å². The maximum Gasteiger partial charge on any atom is 0.257 e. The number of hydrogen-bond acceptors (Lipinski definition) is 4. The molecule has 0 aliphatic heterocycles. The first-order valence-electron chi connectivity index (χ1n) is 7.61. The lowest BCUT2D eigenvalue weighted by atomic mass is 10.1. The van der Waals surface area contributed by atoms with Gasteiger partial charge < -0.3 is 9.84 Å². The van der Waals surface area contributed by atoms with Crippen molar-refractivity contribution >= 4 is 11.6 Å². The van der Waals surface area contributed by atoms with E-state index in [0.29, 0.717) is 28.8 Å². The number of nitrogens with zero attached hydrogens (tertiary/aromatic N) is 2. The smallest absolute Gasteiger partial charge is 0.257 e. The van der Waals surface area contributed by atoms with Gasteiger partial charge in [0.25, 0.3) is 5.89 Å². The molecule has 0 saturated heterocycles. The number of rotatable bonds is 5. The van der Waals surface area contributed by atoms with Crippen LogP contribution in [0.1, 0.15) is 29.9 Å². The largest absolute Gasteiger partial charge is 0.334 e. The van der Waals surface area contributed by atoms with Gasteiger partial charge in [-0.1, -0.05) is 28.9 Å². The molecule has 0 radical (unpaired) electrons. The van der Waals surface area contributed by atoms with Gasteiger partial charge in [-0.05, 0) is 55.3 Å². The maximum absolute atomic E-state index is 13.3. The minimum atomic E-state index is -0.197. The Balaban J connectivity index is 1.66. The molecule has 0 saturated carbocycles. The molecular formula is C18H17ClFN3O. The van der Waals surface area contributed by atoms with Crippen molar-refractivity contribution in [1.82, 2.24) is 15.5 Å². The Morgan fingerprint density at radius 2 is 1.96 bits per heavy atom. The zero-order chi connectivity index (χ0) is 17.1. The van der Waals surface area contributed by atoms with Gasteiger partial charge in [0.15, 0.2) is 5.82 Å². The van der Waals surface area contributed by atoms with E-state index in [2.05, 4.69) is 15.5 Å². The Bertz CT molecular complexity index is 833. The van der Waals surface area contributed by atoms with Crippen LogP contribution >= 0.6 is 11.6 Å². The summed E-state index contributed by atoms with van der Waals surface area (Å²) in [7, 11) is 0. The monoisotopic (exact) mass is 345 g/mol. The van der Waals surface area contributed by atoms with Crippen LogP contribution in [-0.2, 0) is 6.54 Å². The van der Waals surface area contributed by atoms with Crippen LogP contribution in [0.5, 0.6) is 0 Å². The van der Waals surface area contributed by atoms with Crippen LogP contribution in [0.4, 0.5) is 4.39 Å². The molecular weight excluding hydrogens is 329 g/mol. The number of benzene rings is 2. The van der Waals surface area contributed by atoms with Crippen molar-refractivity contribution in [2.75, 3.05) is 0 Å². The lowest BCUT2D eigenvalue weighted by molar-refractivity contribution is 0.409. The van der Waals surface area contributed by atoms with Gasteiger partial charge in [0.2, 0.25) is 0 Å². The molecule has 0 amide bonds. The Labute approximate surface area is 144 Å². The van der Waals surface area contributed by atoms with E-state index in [1.807, 2.05) is 25.1 Å². The highest BCUT2D eigenvalue weighted by molar-refractivity contribution is 6.30. The third kappa shape index (κ3) is 3.80.